The summed E-state index contributed by atoms with van der Waals surface area (Å²) >= 11 is 0. The third kappa shape index (κ3) is 3.88. The van der Waals surface area contributed by atoms with Crippen LogP contribution in [-0.2, 0) is 20.8 Å². The van der Waals surface area contributed by atoms with Crippen molar-refractivity contribution in [2.24, 2.45) is 0 Å². The van der Waals surface area contributed by atoms with Gasteiger partial charge in [0.25, 0.3) is 0 Å². The van der Waals surface area contributed by atoms with Gasteiger partial charge in [-0.2, -0.15) is 9.59 Å². The molecule has 1 amide bonds. The highest BCUT2D eigenvalue weighted by molar-refractivity contribution is 5.83. The maximum absolute atomic E-state index is 10.7. The SMILES string of the molecule is CC(=O)NCCc1c[nH]c2ccccc12.O=C=O. The van der Waals surface area contributed by atoms with Crippen LogP contribution in [0.15, 0.2) is 30.5 Å². The van der Waals surface area contributed by atoms with Gasteiger partial charge in [-0.25, -0.2) is 0 Å². The first-order valence-electron chi connectivity index (χ1n) is 5.47. The Labute approximate surface area is 104 Å². The van der Waals surface area contributed by atoms with Crippen LogP contribution >= 0.6 is 0 Å². The molecule has 18 heavy (non-hydrogen) atoms. The summed E-state index contributed by atoms with van der Waals surface area (Å²) in [5.74, 6) is 0.0230. The Kier molecular flexibility index (Phi) is 5.35. The molecule has 5 heteroatoms. The van der Waals surface area contributed by atoms with Crippen LogP contribution < -0.4 is 5.32 Å². The minimum Gasteiger partial charge on any atom is -0.361 e. The normalized spacial score (nSPS) is 9.17. The Balaban J connectivity index is 0.000000492. The van der Waals surface area contributed by atoms with E-state index in [2.05, 4.69) is 22.4 Å². The van der Waals surface area contributed by atoms with Crippen LogP contribution in [-0.4, -0.2) is 23.6 Å². The van der Waals surface area contributed by atoms with Gasteiger partial charge in [0, 0.05) is 30.6 Å². The van der Waals surface area contributed by atoms with Gasteiger partial charge in [0.15, 0.2) is 0 Å². The summed E-state index contributed by atoms with van der Waals surface area (Å²) in [6.07, 6.45) is 3.12. The lowest BCUT2D eigenvalue weighted by atomic mass is 10.1. The third-order valence-corrected chi connectivity index (χ3v) is 2.44. The molecule has 0 spiro atoms. The first-order chi connectivity index (χ1) is 8.69. The molecule has 0 unspecified atom stereocenters. The van der Waals surface area contributed by atoms with Crippen molar-refractivity contribution in [2.45, 2.75) is 13.3 Å². The van der Waals surface area contributed by atoms with Crippen molar-refractivity contribution in [1.29, 1.82) is 0 Å². The third-order valence-electron chi connectivity index (χ3n) is 2.44. The van der Waals surface area contributed by atoms with E-state index in [9.17, 15) is 4.79 Å². The number of fused-ring (bicyclic) bond motifs is 1. The van der Waals surface area contributed by atoms with Crippen molar-refractivity contribution in [3.63, 3.8) is 0 Å². The van der Waals surface area contributed by atoms with Crippen molar-refractivity contribution in [3.05, 3.63) is 36.0 Å². The molecule has 0 radical (unpaired) electrons. The van der Waals surface area contributed by atoms with Crippen molar-refractivity contribution >= 4 is 23.0 Å². The standard InChI is InChI=1S/C12H14N2O.CO2/c1-9(15)13-7-6-10-8-14-12-5-3-2-4-11(10)12;2-1-3/h2-5,8,14H,6-7H2,1H3,(H,13,15);. The summed E-state index contributed by atoms with van der Waals surface area (Å²) in [5, 5.41) is 4.03. The lowest BCUT2D eigenvalue weighted by Gasteiger charge is -2.00. The van der Waals surface area contributed by atoms with Crippen molar-refractivity contribution in [2.75, 3.05) is 6.54 Å². The number of nitrogens with one attached hydrogen (secondary N) is 2. The van der Waals surface area contributed by atoms with Gasteiger partial charge in [0.1, 0.15) is 0 Å². The molecule has 0 atom stereocenters. The van der Waals surface area contributed by atoms with Crippen LogP contribution in [0.5, 0.6) is 0 Å². The highest BCUT2D eigenvalue weighted by atomic mass is 16.2. The first kappa shape index (κ1) is 13.7. The van der Waals surface area contributed by atoms with Gasteiger partial charge in [-0.3, -0.25) is 4.79 Å². The van der Waals surface area contributed by atoms with Crippen molar-refractivity contribution < 1.29 is 14.4 Å². The number of hydrogen-bond donors (Lipinski definition) is 2. The van der Waals surface area contributed by atoms with Crippen LogP contribution in [0.2, 0.25) is 0 Å². The Morgan fingerprint density at radius 2 is 2.00 bits per heavy atom. The van der Waals surface area contributed by atoms with Gasteiger partial charge in [-0.15, -0.1) is 0 Å². The number of aromatic nitrogens is 1. The minimum atomic E-state index is 0.0230. The summed E-state index contributed by atoms with van der Waals surface area (Å²) in [6, 6.07) is 8.18. The monoisotopic (exact) mass is 246 g/mol. The second-order valence-corrected chi connectivity index (χ2v) is 3.68. The zero-order chi connectivity index (χ0) is 13.4. The summed E-state index contributed by atoms with van der Waals surface area (Å²) in [6.45, 7) is 2.23. The van der Waals surface area contributed by atoms with Gasteiger partial charge in [0.05, 0.1) is 0 Å². The van der Waals surface area contributed by atoms with Gasteiger partial charge < -0.3 is 10.3 Å². The van der Waals surface area contributed by atoms with Crippen LogP contribution in [0, 0.1) is 0 Å². The Morgan fingerprint density at radius 1 is 1.33 bits per heavy atom. The molecular weight excluding hydrogens is 232 g/mol. The topological polar surface area (TPSA) is 79.0 Å². The van der Waals surface area contributed by atoms with E-state index in [0.717, 1.165) is 11.9 Å². The van der Waals surface area contributed by atoms with E-state index in [1.54, 1.807) is 0 Å². The van der Waals surface area contributed by atoms with Gasteiger partial charge in [0.2, 0.25) is 5.91 Å². The highest BCUT2D eigenvalue weighted by Gasteiger charge is 2.02. The number of carbonyl (C=O) groups is 1. The molecular formula is C13H14N2O3. The van der Waals surface area contributed by atoms with Crippen LogP contribution in [0.4, 0.5) is 0 Å². The molecule has 0 aliphatic heterocycles. The molecule has 2 rings (SSSR count). The summed E-state index contributed by atoms with van der Waals surface area (Å²) in [7, 11) is 0. The molecule has 1 heterocycles. The number of benzene rings is 1. The van der Waals surface area contributed by atoms with Crippen LogP contribution in [0.25, 0.3) is 10.9 Å². The van der Waals surface area contributed by atoms with E-state index < -0.39 is 0 Å². The van der Waals surface area contributed by atoms with E-state index in [4.69, 9.17) is 9.59 Å². The largest absolute Gasteiger partial charge is 0.373 e. The zero-order valence-electron chi connectivity index (χ0n) is 10.0. The molecule has 0 saturated carbocycles. The average molecular weight is 246 g/mol. The van der Waals surface area contributed by atoms with Gasteiger partial charge >= 0.3 is 6.15 Å². The molecule has 0 fully saturated rings. The molecule has 2 aromatic rings. The Hall–Kier alpha value is -2.39. The lowest BCUT2D eigenvalue weighted by Crippen LogP contribution is -2.22. The fourth-order valence-corrected chi connectivity index (χ4v) is 1.71. The van der Waals surface area contributed by atoms with E-state index in [1.165, 1.54) is 17.9 Å². The van der Waals surface area contributed by atoms with Crippen LogP contribution in [0.1, 0.15) is 12.5 Å². The molecule has 0 bridgehead atoms. The Bertz CT molecular complexity index is 554. The molecule has 0 saturated heterocycles. The number of amides is 1. The highest BCUT2D eigenvalue weighted by Crippen LogP contribution is 2.17. The maximum Gasteiger partial charge on any atom is 0.373 e. The second kappa shape index (κ2) is 7.04. The predicted molar refractivity (Wildman–Crippen MR) is 65.7 cm³/mol. The average Bonchev–Trinajstić information content (AvgIpc) is 2.74. The number of hydrogen-bond acceptors (Lipinski definition) is 3. The fourth-order valence-electron chi connectivity index (χ4n) is 1.71. The molecule has 5 nitrogen and oxygen atoms in total. The minimum absolute atomic E-state index is 0.0230. The van der Waals surface area contributed by atoms with E-state index in [1.807, 2.05) is 18.3 Å². The van der Waals surface area contributed by atoms with E-state index in [0.29, 0.717) is 6.54 Å². The van der Waals surface area contributed by atoms with Gasteiger partial charge in [-0.1, -0.05) is 18.2 Å². The molecule has 0 aliphatic carbocycles. The first-order valence-corrected chi connectivity index (χ1v) is 5.47. The van der Waals surface area contributed by atoms with Crippen LogP contribution in [0.3, 0.4) is 0 Å². The number of aromatic amines is 1. The number of rotatable bonds is 3. The molecule has 94 valence electrons. The van der Waals surface area contributed by atoms with Crippen molar-refractivity contribution in [3.8, 4) is 0 Å². The molecule has 2 N–H and O–H groups in total. The molecule has 1 aromatic carbocycles. The number of carbonyl (C=O) groups excluding carboxylic acids is 3. The summed E-state index contributed by atoms with van der Waals surface area (Å²) in [5.41, 5.74) is 2.40. The molecule has 1 aromatic heterocycles. The maximum atomic E-state index is 10.7. The van der Waals surface area contributed by atoms with E-state index in [-0.39, 0.29) is 12.1 Å². The fraction of sp³-hybridized carbons (Fsp3) is 0.231. The number of H-pyrrole nitrogens is 1. The molecule has 0 aliphatic rings. The quantitative estimate of drug-likeness (QED) is 0.855. The van der Waals surface area contributed by atoms with E-state index >= 15 is 0 Å². The summed E-state index contributed by atoms with van der Waals surface area (Å²) < 4.78 is 0. The second-order valence-electron chi connectivity index (χ2n) is 3.68. The van der Waals surface area contributed by atoms with Gasteiger partial charge in [-0.05, 0) is 18.1 Å². The predicted octanol–water partition coefficient (Wildman–Crippen LogP) is 1.26. The zero-order valence-corrected chi connectivity index (χ0v) is 10.0. The smallest absolute Gasteiger partial charge is 0.361 e. The van der Waals surface area contributed by atoms with Crippen molar-refractivity contribution in [1.82, 2.24) is 10.3 Å². The Morgan fingerprint density at radius 3 is 2.67 bits per heavy atom. The summed E-state index contributed by atoms with van der Waals surface area (Å²) in [4.78, 5) is 30.2. The number of para-hydroxylation sites is 1. The lowest BCUT2D eigenvalue weighted by molar-refractivity contribution is -0.191.